The number of methoxy groups -OCH3 is 1. The fourth-order valence-electron chi connectivity index (χ4n) is 4.21. The molecule has 0 radical (unpaired) electrons. The Morgan fingerprint density at radius 3 is 2.73 bits per heavy atom. The van der Waals surface area contributed by atoms with Crippen molar-refractivity contribution >= 4 is 60.1 Å². The largest absolute Gasteiger partial charge is 0.493 e. The smallest absolute Gasteiger partial charge is 0.260 e. The first-order valence-corrected chi connectivity index (χ1v) is 13.5. The molecule has 1 N–H and O–H groups in total. The van der Waals surface area contributed by atoms with Gasteiger partial charge in [0.25, 0.3) is 5.56 Å². The molecule has 0 saturated carbocycles. The van der Waals surface area contributed by atoms with E-state index in [1.165, 1.54) is 23.3 Å². The summed E-state index contributed by atoms with van der Waals surface area (Å²) in [7, 11) is 1.62. The van der Waals surface area contributed by atoms with Crippen LogP contribution in [0.3, 0.4) is 0 Å². The number of rotatable bonds is 5. The van der Waals surface area contributed by atoms with Crippen LogP contribution in [0.5, 0.6) is 11.5 Å². The molecule has 0 fully saturated rings. The van der Waals surface area contributed by atoms with E-state index in [-0.39, 0.29) is 5.56 Å². The van der Waals surface area contributed by atoms with Crippen molar-refractivity contribution < 1.29 is 9.47 Å². The number of fused-ring (bicyclic) bond motifs is 3. The van der Waals surface area contributed by atoms with E-state index < -0.39 is 0 Å². The van der Waals surface area contributed by atoms with Gasteiger partial charge >= 0.3 is 0 Å². The van der Waals surface area contributed by atoms with Crippen molar-refractivity contribution in [2.45, 2.75) is 38.7 Å². The summed E-state index contributed by atoms with van der Waals surface area (Å²) >= 11 is 7.36. The Kier molecular flexibility index (Phi) is 6.76. The molecule has 0 bridgehead atoms. The molecule has 0 aliphatic heterocycles. The zero-order valence-corrected chi connectivity index (χ0v) is 22.6. The van der Waals surface area contributed by atoms with Crippen LogP contribution in [0.25, 0.3) is 21.6 Å². The van der Waals surface area contributed by atoms with Gasteiger partial charge in [-0.15, -0.1) is 11.3 Å². The second-order valence-electron chi connectivity index (χ2n) is 8.06. The average Bonchev–Trinajstić information content (AvgIpc) is 3.00. The zero-order chi connectivity index (χ0) is 22.9. The number of halogens is 2. The van der Waals surface area contributed by atoms with Gasteiger partial charge in [-0.05, 0) is 83.7 Å². The van der Waals surface area contributed by atoms with Gasteiger partial charge in [0.1, 0.15) is 17.3 Å². The molecule has 8 heteroatoms. The van der Waals surface area contributed by atoms with E-state index in [1.807, 2.05) is 36.4 Å². The number of ether oxygens (including phenoxy) is 2. The van der Waals surface area contributed by atoms with Crippen LogP contribution in [0.2, 0.25) is 0 Å². The Morgan fingerprint density at radius 2 is 1.94 bits per heavy atom. The second kappa shape index (κ2) is 9.76. The Hall–Kier alpha value is -1.91. The van der Waals surface area contributed by atoms with Gasteiger partial charge in [-0.25, -0.2) is 4.98 Å². The molecule has 0 spiro atoms. The monoisotopic (exact) mass is 636 g/mol. The summed E-state index contributed by atoms with van der Waals surface area (Å²) in [5, 5.41) is 0.775. The standard InChI is InChI=1S/C25H22BrIN2O3S/c1-31-19-12-15(11-18(27)22(19)32-13-14-7-9-16(26)10-8-14)23-28-24(30)21-17-5-3-2-4-6-20(17)33-25(21)29-23/h7-12H,2-6,13H2,1H3,(H,28,29,30). The molecule has 1 aliphatic carbocycles. The lowest BCUT2D eigenvalue weighted by molar-refractivity contribution is 0.282. The fraction of sp³-hybridized carbons (Fsp3) is 0.280. The van der Waals surface area contributed by atoms with Crippen molar-refractivity contribution in [3.63, 3.8) is 0 Å². The van der Waals surface area contributed by atoms with E-state index in [2.05, 4.69) is 43.5 Å². The van der Waals surface area contributed by atoms with E-state index in [0.717, 1.165) is 48.6 Å². The third-order valence-corrected chi connectivity index (χ3v) is 8.39. The van der Waals surface area contributed by atoms with Gasteiger partial charge in [-0.1, -0.05) is 34.5 Å². The molecule has 170 valence electrons. The molecule has 2 heterocycles. The molecule has 5 rings (SSSR count). The quantitative estimate of drug-likeness (QED) is 0.192. The normalized spacial score (nSPS) is 13.5. The van der Waals surface area contributed by atoms with Gasteiger partial charge in [0.2, 0.25) is 0 Å². The molecule has 2 aromatic carbocycles. The minimum absolute atomic E-state index is 0.0565. The van der Waals surface area contributed by atoms with Crippen LogP contribution in [0.15, 0.2) is 45.7 Å². The molecule has 1 aliphatic rings. The van der Waals surface area contributed by atoms with E-state index in [1.54, 1.807) is 18.4 Å². The number of aryl methyl sites for hydroxylation is 2. The number of H-pyrrole nitrogens is 1. The molecule has 0 saturated heterocycles. The highest BCUT2D eigenvalue weighted by Gasteiger charge is 2.20. The summed E-state index contributed by atoms with van der Waals surface area (Å²) < 4.78 is 13.7. The lowest BCUT2D eigenvalue weighted by atomic mass is 10.1. The van der Waals surface area contributed by atoms with Crippen LogP contribution >= 0.6 is 49.9 Å². The maximum atomic E-state index is 13.1. The third kappa shape index (κ3) is 4.70. The predicted molar refractivity (Wildman–Crippen MR) is 145 cm³/mol. The summed E-state index contributed by atoms with van der Waals surface area (Å²) in [6.45, 7) is 0.431. The fourth-order valence-corrected chi connectivity index (χ4v) is 6.49. The summed E-state index contributed by atoms with van der Waals surface area (Å²) in [6, 6.07) is 11.9. The number of aromatic amines is 1. The maximum Gasteiger partial charge on any atom is 0.260 e. The number of benzene rings is 2. The second-order valence-corrected chi connectivity index (χ2v) is 11.2. The van der Waals surface area contributed by atoms with Crippen LogP contribution in [-0.4, -0.2) is 17.1 Å². The Balaban J connectivity index is 1.49. The number of aromatic nitrogens is 2. The molecule has 5 nitrogen and oxygen atoms in total. The summed E-state index contributed by atoms with van der Waals surface area (Å²) in [4.78, 5) is 23.1. The maximum absolute atomic E-state index is 13.1. The first-order chi connectivity index (χ1) is 16.0. The summed E-state index contributed by atoms with van der Waals surface area (Å²) in [5.74, 6) is 1.84. The van der Waals surface area contributed by atoms with Gasteiger partial charge in [0.15, 0.2) is 11.5 Å². The Labute approximate surface area is 217 Å². The lowest BCUT2D eigenvalue weighted by Gasteiger charge is -2.14. The highest BCUT2D eigenvalue weighted by Crippen LogP contribution is 2.38. The Morgan fingerprint density at radius 1 is 1.15 bits per heavy atom. The topological polar surface area (TPSA) is 64.2 Å². The van der Waals surface area contributed by atoms with Crippen molar-refractivity contribution in [3.05, 3.63) is 70.8 Å². The van der Waals surface area contributed by atoms with Gasteiger partial charge < -0.3 is 14.5 Å². The highest BCUT2D eigenvalue weighted by molar-refractivity contribution is 14.1. The molecule has 0 atom stereocenters. The van der Waals surface area contributed by atoms with Crippen molar-refractivity contribution in [3.8, 4) is 22.9 Å². The molecule has 4 aromatic rings. The van der Waals surface area contributed by atoms with Crippen molar-refractivity contribution in [2.24, 2.45) is 0 Å². The van der Waals surface area contributed by atoms with Crippen LogP contribution in [0.4, 0.5) is 0 Å². The number of hydrogen-bond acceptors (Lipinski definition) is 5. The van der Waals surface area contributed by atoms with Crippen LogP contribution in [0.1, 0.15) is 35.3 Å². The minimum Gasteiger partial charge on any atom is -0.493 e. The SMILES string of the molecule is COc1cc(-c2nc3sc4c(c3c(=O)[nH]2)CCCCC4)cc(I)c1OCc1ccc(Br)cc1. The summed E-state index contributed by atoms with van der Waals surface area (Å²) in [6.07, 6.45) is 5.55. The highest BCUT2D eigenvalue weighted by atomic mass is 127. The number of nitrogens with zero attached hydrogens (tertiary/aromatic N) is 1. The predicted octanol–water partition coefficient (Wildman–Crippen LogP) is 6.88. The summed E-state index contributed by atoms with van der Waals surface area (Å²) in [5.41, 5.74) is 3.01. The molecule has 0 amide bonds. The van der Waals surface area contributed by atoms with Gasteiger partial charge in [-0.2, -0.15) is 0 Å². The van der Waals surface area contributed by atoms with Crippen LogP contribution < -0.4 is 15.0 Å². The van der Waals surface area contributed by atoms with Gasteiger partial charge in [0, 0.05) is 14.9 Å². The van der Waals surface area contributed by atoms with E-state index in [9.17, 15) is 4.79 Å². The zero-order valence-electron chi connectivity index (χ0n) is 18.0. The molecule has 33 heavy (non-hydrogen) atoms. The lowest BCUT2D eigenvalue weighted by Crippen LogP contribution is -2.10. The van der Waals surface area contributed by atoms with Gasteiger partial charge in [-0.3, -0.25) is 4.79 Å². The molecule has 0 unspecified atom stereocenters. The first-order valence-electron chi connectivity index (χ1n) is 10.8. The number of thiophene rings is 1. The molecular formula is C25H22BrIN2O3S. The van der Waals surface area contributed by atoms with E-state index in [4.69, 9.17) is 14.5 Å². The first kappa shape index (κ1) is 22.9. The van der Waals surface area contributed by atoms with E-state index >= 15 is 0 Å². The number of nitrogens with one attached hydrogen (secondary N) is 1. The van der Waals surface area contributed by atoms with Crippen LogP contribution in [-0.2, 0) is 19.4 Å². The van der Waals surface area contributed by atoms with E-state index in [0.29, 0.717) is 23.9 Å². The average molecular weight is 637 g/mol. The number of hydrogen-bond donors (Lipinski definition) is 1. The van der Waals surface area contributed by atoms with Crippen molar-refractivity contribution in [2.75, 3.05) is 7.11 Å². The van der Waals surface area contributed by atoms with Crippen LogP contribution in [0, 0.1) is 3.57 Å². The Bertz CT molecular complexity index is 1380. The third-order valence-electron chi connectivity index (χ3n) is 5.87. The van der Waals surface area contributed by atoms with Crippen molar-refractivity contribution in [1.29, 1.82) is 0 Å². The molecule has 2 aromatic heterocycles. The molecular weight excluding hydrogens is 615 g/mol. The van der Waals surface area contributed by atoms with Gasteiger partial charge in [0.05, 0.1) is 16.1 Å². The minimum atomic E-state index is -0.0565. The van der Waals surface area contributed by atoms with Crippen molar-refractivity contribution in [1.82, 2.24) is 9.97 Å².